The van der Waals surface area contributed by atoms with E-state index in [1.807, 2.05) is 32.9 Å². The van der Waals surface area contributed by atoms with Crippen molar-refractivity contribution in [2.24, 2.45) is 5.41 Å². The van der Waals surface area contributed by atoms with Crippen molar-refractivity contribution in [2.75, 3.05) is 27.4 Å². The third kappa shape index (κ3) is 19.6. The third-order valence-corrected chi connectivity index (χ3v) is 46.5. The topological polar surface area (TPSA) is 157 Å². The minimum Gasteiger partial charge on any atom is -0.465 e. The number of aliphatic hydroxyl groups is 1. The van der Waals surface area contributed by atoms with E-state index in [0.29, 0.717) is 25.7 Å². The minimum absolute atomic E-state index is 0. The Morgan fingerprint density at radius 3 is 0.837 bits per heavy atom. The van der Waals surface area contributed by atoms with Crippen molar-refractivity contribution in [1.29, 1.82) is 0 Å². The van der Waals surface area contributed by atoms with E-state index < -0.39 is 112 Å². The maximum Gasteiger partial charge on any atom is 0.311 e. The number of rotatable bonds is 29. The summed E-state index contributed by atoms with van der Waals surface area (Å²) in [6.07, 6.45) is 1.80. The fourth-order valence-corrected chi connectivity index (χ4v) is 39.2. The Morgan fingerprint density at radius 1 is 0.366 bits per heavy atom. The summed E-state index contributed by atoms with van der Waals surface area (Å²) in [5.41, 5.74) is -0.587. The monoisotopic (exact) mass is 1740 g/mol. The van der Waals surface area contributed by atoms with Crippen LogP contribution in [0, 0.1) is 5.41 Å². The van der Waals surface area contributed by atoms with Gasteiger partial charge in [-0.15, -0.1) is 13.2 Å². The van der Waals surface area contributed by atoms with Gasteiger partial charge < -0.3 is 65.4 Å². The lowest BCUT2D eigenvalue weighted by Crippen LogP contribution is -2.73. The van der Waals surface area contributed by atoms with Crippen molar-refractivity contribution in [2.45, 2.75) is 293 Å². The second kappa shape index (κ2) is 40.2. The zero-order valence-electron chi connectivity index (χ0n) is 75.3. The summed E-state index contributed by atoms with van der Waals surface area (Å²) in [6, 6.07) is 86.2. The summed E-state index contributed by atoms with van der Waals surface area (Å²) >= 11 is 0. The van der Waals surface area contributed by atoms with E-state index in [1.165, 1.54) is 41.5 Å². The molecule has 0 radical (unpaired) electrons. The molecule has 0 aromatic heterocycles. The normalized spacial score (nSPS) is 26.2. The molecule has 2 unspecified atom stereocenters. The summed E-state index contributed by atoms with van der Waals surface area (Å²) in [4.78, 5) is 12.8. The Labute approximate surface area is 739 Å². The molecule has 19 heteroatoms. The number of methoxy groups -OCH3 is 2. The zero-order chi connectivity index (χ0) is 87.1. The Bertz CT molecular complexity index is 4440. The number of esters is 1. The molecule has 18 atom stereocenters. The molecule has 123 heavy (non-hydrogen) atoms. The SMILES string of the molecule is C.C=CC(C[C@H]1O[C@H]2[C@@H](O[Si](c3ccccc3)(c3ccccc3)C(C)(C)C)[C@H]3O[C@@H](CCO)CC[C@@H]3O[C@H]2[C@H]1O[Si](c1ccccc1)(c1ccccc1)C(C)(C)C)OC.C=CC(C[C@H]1O[C@H]2[C@@H](O[Si](c3ccccc3)(c3ccccc3)C(C)(C)C)[C@H]3O[C@@H](CCOC(=O)C(C)(C)C)CC[C@@H]3O[C@H]2[C@H]1O[Si](c1ccccc1)(c1ccccc1)C(C)(C)C)OC. The van der Waals surface area contributed by atoms with Gasteiger partial charge >= 0.3 is 5.97 Å². The number of ether oxygens (including phenoxy) is 9. The van der Waals surface area contributed by atoms with Gasteiger partial charge in [-0.3, -0.25) is 4.79 Å². The van der Waals surface area contributed by atoms with Crippen LogP contribution in [0.4, 0.5) is 0 Å². The number of carbonyl (C=O) groups is 1. The first kappa shape index (κ1) is 95.2. The molecule has 6 saturated heterocycles. The molecule has 0 bridgehead atoms. The molecule has 6 aliphatic rings. The molecule has 0 aliphatic carbocycles. The first-order chi connectivity index (χ1) is 58.3. The van der Waals surface area contributed by atoms with Crippen LogP contribution in [0.1, 0.15) is 163 Å². The summed E-state index contributed by atoms with van der Waals surface area (Å²) in [5.74, 6) is -0.218. The highest BCUT2D eigenvalue weighted by Crippen LogP contribution is 2.52. The van der Waals surface area contributed by atoms with Crippen LogP contribution in [0.15, 0.2) is 268 Å². The van der Waals surface area contributed by atoms with Crippen LogP contribution in [-0.4, -0.2) is 182 Å². The van der Waals surface area contributed by atoms with Crippen LogP contribution < -0.4 is 41.5 Å². The number of carbonyl (C=O) groups excluding carboxylic acids is 1. The number of hydrogen-bond acceptors (Lipinski definition) is 15. The van der Waals surface area contributed by atoms with Crippen LogP contribution in [0.5, 0.6) is 0 Å². The smallest absolute Gasteiger partial charge is 0.311 e. The van der Waals surface area contributed by atoms with Gasteiger partial charge in [-0.25, -0.2) is 0 Å². The second-order valence-electron chi connectivity index (χ2n) is 39.3. The largest absolute Gasteiger partial charge is 0.465 e. The molecule has 662 valence electrons. The predicted octanol–water partition coefficient (Wildman–Crippen LogP) is 16.1. The zero-order valence-corrected chi connectivity index (χ0v) is 79.3. The van der Waals surface area contributed by atoms with Gasteiger partial charge in [-0.2, -0.15) is 0 Å². The molecule has 6 fully saturated rings. The van der Waals surface area contributed by atoms with Crippen molar-refractivity contribution < 1.29 is 70.2 Å². The van der Waals surface area contributed by atoms with E-state index in [0.717, 1.165) is 25.7 Å². The molecule has 15 nitrogen and oxygen atoms in total. The Hall–Kier alpha value is -6.94. The average molecular weight is 1740 g/mol. The molecule has 0 amide bonds. The van der Waals surface area contributed by atoms with Gasteiger partial charge in [-0.05, 0) is 115 Å². The first-order valence-electron chi connectivity index (χ1n) is 44.5. The number of benzene rings is 8. The maximum absolute atomic E-state index is 12.8. The van der Waals surface area contributed by atoms with Gasteiger partial charge in [0.1, 0.15) is 61.0 Å². The van der Waals surface area contributed by atoms with Crippen molar-refractivity contribution in [3.05, 3.63) is 268 Å². The molecular formula is C104H140O15Si4. The van der Waals surface area contributed by atoms with Crippen molar-refractivity contribution in [3.8, 4) is 0 Å². The van der Waals surface area contributed by atoms with E-state index in [2.05, 4.69) is 339 Å². The first-order valence-corrected chi connectivity index (χ1v) is 52.1. The second-order valence-corrected chi connectivity index (χ2v) is 56.3. The Morgan fingerprint density at radius 2 is 0.610 bits per heavy atom. The van der Waals surface area contributed by atoms with E-state index in [9.17, 15) is 9.90 Å². The van der Waals surface area contributed by atoms with Gasteiger partial charge in [0.05, 0.1) is 60.9 Å². The van der Waals surface area contributed by atoms with Gasteiger partial charge in [0.2, 0.25) is 0 Å². The molecule has 0 saturated carbocycles. The molecule has 14 rings (SSSR count). The van der Waals surface area contributed by atoms with E-state index in [-0.39, 0.29) is 83.4 Å². The highest BCUT2D eigenvalue weighted by Gasteiger charge is 2.68. The van der Waals surface area contributed by atoms with Gasteiger partial charge in [0.25, 0.3) is 33.3 Å². The van der Waals surface area contributed by atoms with E-state index in [4.69, 9.17) is 60.3 Å². The lowest BCUT2D eigenvalue weighted by molar-refractivity contribution is -0.256. The third-order valence-electron chi connectivity index (χ3n) is 26.3. The van der Waals surface area contributed by atoms with Crippen molar-refractivity contribution in [3.63, 3.8) is 0 Å². The number of aliphatic hydroxyl groups excluding tert-OH is 1. The van der Waals surface area contributed by atoms with Gasteiger partial charge in [0.15, 0.2) is 0 Å². The lowest BCUT2D eigenvalue weighted by atomic mass is 9.88. The summed E-state index contributed by atoms with van der Waals surface area (Å²) < 4.78 is 94.2. The summed E-state index contributed by atoms with van der Waals surface area (Å²) in [7, 11) is -9.09. The van der Waals surface area contributed by atoms with Gasteiger partial charge in [-0.1, -0.05) is 345 Å². The minimum atomic E-state index is -3.19. The summed E-state index contributed by atoms with van der Waals surface area (Å²) in [5, 5.41) is 18.4. The quantitative estimate of drug-likeness (QED) is 0.0268. The number of hydrogen-bond donors (Lipinski definition) is 1. The van der Waals surface area contributed by atoms with Crippen LogP contribution in [-0.2, 0) is 65.1 Å². The molecule has 0 spiro atoms. The Kier molecular flexibility index (Phi) is 31.1. The van der Waals surface area contributed by atoms with Crippen LogP contribution >= 0.6 is 0 Å². The standard InChI is InChI=1S/C54H72O8Si2.C49H64O7Si2.CH4/c1-12-38(56-11)37-45-47(61-63(53(5,6)7,40-25-17-13-18-26-40)41-27-19-14-20-28-41)48-49(60-45)50(46-44(59-48)34-33-39(58-46)35-36-57-51(55)52(2,3)4)62-64(54(8,9)10,42-29-21-15-22-30-42)43-31-23-16-24-32-43;1-9-35(51-8)34-42-44(55-57(48(2,3)4,37-22-14-10-15-23-37)38-24-16-11-17-25-38)45-46(54-42)47(43-41(53-45)31-30-36(52-43)32-33-50)56-58(49(5,6)7,39-26-18-12-19-27-39)40-28-20-13-21-29-40;/h12-32,38-39,44-50H,1,33-37H2,2-11H3;9-29,35-36,41-47,50H,1,30-34H2,2-8H3;1H4/t38?,39-,44+,45-,46+,47+,48+,49-,50+;35?,36-,41+,42-,43+,44+,45+,46-,47+;/m11./s1. The summed E-state index contributed by atoms with van der Waals surface area (Å²) in [6.45, 7) is 42.0. The number of fused-ring (bicyclic) bond motifs is 4. The lowest BCUT2D eigenvalue weighted by Gasteiger charge is -2.53. The van der Waals surface area contributed by atoms with Crippen molar-refractivity contribution in [1.82, 2.24) is 0 Å². The Balaban J connectivity index is 0.000000224. The van der Waals surface area contributed by atoms with Crippen molar-refractivity contribution >= 4 is 80.7 Å². The van der Waals surface area contributed by atoms with Crippen LogP contribution in [0.25, 0.3) is 0 Å². The van der Waals surface area contributed by atoms with E-state index >= 15 is 0 Å². The van der Waals surface area contributed by atoms with Crippen LogP contribution in [0.3, 0.4) is 0 Å². The molecule has 6 heterocycles. The maximum atomic E-state index is 12.8. The highest BCUT2D eigenvalue weighted by molar-refractivity contribution is 7.01. The molecule has 6 aliphatic heterocycles. The molecule has 8 aromatic carbocycles. The average Bonchev–Trinajstić information content (AvgIpc) is 1.62. The molecule has 1 N–H and O–H groups in total. The van der Waals surface area contributed by atoms with Crippen LogP contribution in [0.2, 0.25) is 20.2 Å². The van der Waals surface area contributed by atoms with E-state index in [1.54, 1.807) is 14.2 Å². The fourth-order valence-electron chi connectivity index (χ4n) is 20.4. The highest BCUT2D eigenvalue weighted by atomic mass is 28.4. The predicted molar refractivity (Wildman–Crippen MR) is 505 cm³/mol. The van der Waals surface area contributed by atoms with Gasteiger partial charge in [0, 0.05) is 40.1 Å². The fraction of sp³-hybridized carbons (Fsp3) is 0.490. The molecule has 8 aromatic rings. The molecular weight excluding hydrogens is 1600 g/mol.